The number of carbonyl (C=O) groups is 1. The molecule has 2 nitrogen and oxygen atoms in total. The van der Waals surface area contributed by atoms with Crippen molar-refractivity contribution in [1.29, 1.82) is 0 Å². The zero-order valence-corrected chi connectivity index (χ0v) is 8.92. The van der Waals surface area contributed by atoms with E-state index in [1.54, 1.807) is 0 Å². The zero-order chi connectivity index (χ0) is 10.4. The van der Waals surface area contributed by atoms with Crippen molar-refractivity contribution >= 4 is 11.5 Å². The Bertz CT molecular complexity index is 425. The highest BCUT2D eigenvalue weighted by atomic mass is 16.1. The Morgan fingerprint density at radius 1 is 1.40 bits per heavy atom. The van der Waals surface area contributed by atoms with Crippen molar-refractivity contribution < 1.29 is 4.79 Å². The molecule has 3 rings (SSSR count). The second-order valence-corrected chi connectivity index (χ2v) is 4.68. The van der Waals surface area contributed by atoms with Crippen LogP contribution in [0.5, 0.6) is 0 Å². The van der Waals surface area contributed by atoms with E-state index in [0.29, 0.717) is 11.7 Å². The Morgan fingerprint density at radius 3 is 3.13 bits per heavy atom. The average Bonchev–Trinajstić information content (AvgIpc) is 2.58. The highest BCUT2D eigenvalue weighted by Gasteiger charge is 2.38. The van der Waals surface area contributed by atoms with Gasteiger partial charge in [-0.05, 0) is 31.4 Å². The summed E-state index contributed by atoms with van der Waals surface area (Å²) >= 11 is 0. The van der Waals surface area contributed by atoms with E-state index in [-0.39, 0.29) is 6.04 Å². The van der Waals surface area contributed by atoms with Crippen LogP contribution in [-0.4, -0.2) is 11.8 Å². The largest absolute Gasteiger partial charge is 0.375 e. The van der Waals surface area contributed by atoms with Crippen LogP contribution in [0.25, 0.3) is 0 Å². The van der Waals surface area contributed by atoms with Crippen molar-refractivity contribution in [3.8, 4) is 0 Å². The molecule has 1 aromatic carbocycles. The van der Waals surface area contributed by atoms with E-state index in [2.05, 4.69) is 30.4 Å². The molecule has 1 saturated carbocycles. The summed E-state index contributed by atoms with van der Waals surface area (Å²) in [4.78, 5) is 11.8. The summed E-state index contributed by atoms with van der Waals surface area (Å²) in [5.41, 5.74) is 3.81. The van der Waals surface area contributed by atoms with Gasteiger partial charge in [-0.25, -0.2) is 0 Å². The number of rotatable bonds is 0. The Balaban J connectivity index is 2.05. The Kier molecular flexibility index (Phi) is 1.84. The molecule has 1 aliphatic carbocycles. The maximum absolute atomic E-state index is 11.8. The quantitative estimate of drug-likeness (QED) is 0.699. The molecule has 0 spiro atoms. The van der Waals surface area contributed by atoms with Crippen LogP contribution in [0.4, 0.5) is 5.69 Å². The molecule has 0 saturated heterocycles. The number of nitrogens with one attached hydrogen (secondary N) is 1. The summed E-state index contributed by atoms with van der Waals surface area (Å²) in [7, 11) is 0. The molecule has 0 aromatic heterocycles. The Morgan fingerprint density at radius 2 is 2.27 bits per heavy atom. The third-order valence-electron chi connectivity index (χ3n) is 3.61. The van der Waals surface area contributed by atoms with Crippen LogP contribution in [0.1, 0.15) is 36.3 Å². The van der Waals surface area contributed by atoms with Gasteiger partial charge in [-0.3, -0.25) is 4.79 Å². The fraction of sp³-hybridized carbons (Fsp3) is 0.462. The maximum atomic E-state index is 11.8. The maximum Gasteiger partial charge on any atom is 0.155 e. The number of hydrogen-bond acceptors (Lipinski definition) is 2. The topological polar surface area (TPSA) is 29.1 Å². The fourth-order valence-corrected chi connectivity index (χ4v) is 2.85. The first-order valence-corrected chi connectivity index (χ1v) is 5.65. The van der Waals surface area contributed by atoms with E-state index in [1.807, 2.05) is 0 Å². The SMILES string of the molecule is Cc1ccc2c(c1)[C@H]1CCCC(=O)[C@@H]1N2. The van der Waals surface area contributed by atoms with Crippen LogP contribution in [-0.2, 0) is 4.79 Å². The number of Topliss-reactive ketones (excluding diaryl/α,β-unsaturated/α-hetero) is 1. The van der Waals surface area contributed by atoms with E-state index in [0.717, 1.165) is 19.3 Å². The number of carbonyl (C=O) groups excluding carboxylic acids is 1. The first-order chi connectivity index (χ1) is 7.25. The highest BCUT2D eigenvalue weighted by Crippen LogP contribution is 2.42. The summed E-state index contributed by atoms with van der Waals surface area (Å²) in [5.74, 6) is 0.821. The molecule has 1 aromatic rings. The van der Waals surface area contributed by atoms with Gasteiger partial charge in [-0.15, -0.1) is 0 Å². The van der Waals surface area contributed by atoms with Crippen LogP contribution in [0, 0.1) is 6.92 Å². The van der Waals surface area contributed by atoms with Gasteiger partial charge in [-0.2, -0.15) is 0 Å². The van der Waals surface area contributed by atoms with Crippen LogP contribution >= 0.6 is 0 Å². The van der Waals surface area contributed by atoms with Crippen LogP contribution in [0.2, 0.25) is 0 Å². The van der Waals surface area contributed by atoms with Gasteiger partial charge in [0.15, 0.2) is 5.78 Å². The van der Waals surface area contributed by atoms with E-state index < -0.39 is 0 Å². The Labute approximate surface area is 89.7 Å². The van der Waals surface area contributed by atoms with Crippen LogP contribution < -0.4 is 5.32 Å². The number of aryl methyl sites for hydroxylation is 1. The average molecular weight is 201 g/mol. The standard InChI is InChI=1S/C13H15NO/c1-8-5-6-11-10(7-8)9-3-2-4-12(15)13(9)14-11/h5-7,9,13-14H,2-4H2,1H3/t9-,13-/m1/s1. The molecule has 1 aliphatic heterocycles. The summed E-state index contributed by atoms with van der Waals surface area (Å²) in [6, 6.07) is 6.51. The number of benzene rings is 1. The molecular weight excluding hydrogens is 186 g/mol. The molecule has 2 heteroatoms. The van der Waals surface area contributed by atoms with E-state index in [9.17, 15) is 4.79 Å². The lowest BCUT2D eigenvalue weighted by Gasteiger charge is -2.24. The van der Waals surface area contributed by atoms with Gasteiger partial charge in [0.2, 0.25) is 0 Å². The third kappa shape index (κ3) is 1.28. The van der Waals surface area contributed by atoms with Gasteiger partial charge in [0, 0.05) is 18.0 Å². The molecule has 15 heavy (non-hydrogen) atoms. The van der Waals surface area contributed by atoms with Crippen molar-refractivity contribution in [2.75, 3.05) is 5.32 Å². The van der Waals surface area contributed by atoms with Gasteiger partial charge in [-0.1, -0.05) is 17.7 Å². The second-order valence-electron chi connectivity index (χ2n) is 4.68. The highest BCUT2D eigenvalue weighted by molar-refractivity contribution is 5.91. The second kappa shape index (κ2) is 3.09. The monoisotopic (exact) mass is 201 g/mol. The molecule has 0 unspecified atom stereocenters. The summed E-state index contributed by atoms with van der Waals surface area (Å²) in [6.07, 6.45) is 2.95. The summed E-state index contributed by atoms with van der Waals surface area (Å²) < 4.78 is 0. The fourth-order valence-electron chi connectivity index (χ4n) is 2.85. The van der Waals surface area contributed by atoms with Gasteiger partial charge in [0.1, 0.15) is 0 Å². The van der Waals surface area contributed by atoms with Gasteiger partial charge < -0.3 is 5.32 Å². The molecule has 2 aliphatic rings. The van der Waals surface area contributed by atoms with Crippen molar-refractivity contribution in [3.63, 3.8) is 0 Å². The number of hydrogen-bond donors (Lipinski definition) is 1. The lowest BCUT2D eigenvalue weighted by molar-refractivity contribution is -0.121. The number of ketones is 1. The minimum atomic E-state index is 0.0653. The Hall–Kier alpha value is -1.31. The van der Waals surface area contributed by atoms with Crippen LogP contribution in [0.3, 0.4) is 0 Å². The summed E-state index contributed by atoms with van der Waals surface area (Å²) in [6.45, 7) is 2.11. The number of anilines is 1. The van der Waals surface area contributed by atoms with E-state index in [1.165, 1.54) is 16.8 Å². The number of fused-ring (bicyclic) bond motifs is 3. The molecular formula is C13H15NO. The molecule has 0 bridgehead atoms. The van der Waals surface area contributed by atoms with Gasteiger partial charge in [0.25, 0.3) is 0 Å². The molecule has 1 heterocycles. The molecule has 2 atom stereocenters. The molecule has 0 radical (unpaired) electrons. The predicted molar refractivity (Wildman–Crippen MR) is 60.2 cm³/mol. The lowest BCUT2D eigenvalue weighted by atomic mass is 9.82. The van der Waals surface area contributed by atoms with Crippen molar-refractivity contribution in [1.82, 2.24) is 0 Å². The molecule has 1 N–H and O–H groups in total. The van der Waals surface area contributed by atoms with Crippen LogP contribution in [0.15, 0.2) is 18.2 Å². The minimum absolute atomic E-state index is 0.0653. The zero-order valence-electron chi connectivity index (χ0n) is 8.92. The molecule has 1 fully saturated rings. The lowest BCUT2D eigenvalue weighted by Crippen LogP contribution is -2.33. The third-order valence-corrected chi connectivity index (χ3v) is 3.61. The van der Waals surface area contributed by atoms with Crippen molar-refractivity contribution in [2.24, 2.45) is 0 Å². The van der Waals surface area contributed by atoms with E-state index in [4.69, 9.17) is 0 Å². The summed E-state index contributed by atoms with van der Waals surface area (Å²) in [5, 5.41) is 3.36. The van der Waals surface area contributed by atoms with Crippen molar-refractivity contribution in [3.05, 3.63) is 29.3 Å². The van der Waals surface area contributed by atoms with E-state index >= 15 is 0 Å². The van der Waals surface area contributed by atoms with Gasteiger partial charge in [0.05, 0.1) is 6.04 Å². The predicted octanol–water partition coefficient (Wildman–Crippen LogP) is 2.63. The minimum Gasteiger partial charge on any atom is -0.375 e. The first-order valence-electron chi connectivity index (χ1n) is 5.65. The van der Waals surface area contributed by atoms with Gasteiger partial charge >= 0.3 is 0 Å². The smallest absolute Gasteiger partial charge is 0.155 e. The molecule has 78 valence electrons. The first kappa shape index (κ1) is 8.96. The molecule has 0 amide bonds. The van der Waals surface area contributed by atoms with Crippen molar-refractivity contribution in [2.45, 2.75) is 38.1 Å². The normalized spacial score (nSPS) is 28.2.